The van der Waals surface area contributed by atoms with Crippen LogP contribution >= 0.6 is 11.3 Å². The maximum atomic E-state index is 12.4. The summed E-state index contributed by atoms with van der Waals surface area (Å²) in [6.45, 7) is 4.13. The van der Waals surface area contributed by atoms with Gasteiger partial charge in [-0.05, 0) is 19.9 Å². The summed E-state index contributed by atoms with van der Waals surface area (Å²) in [5, 5.41) is 3.80. The monoisotopic (exact) mass is 300 g/mol. The first kappa shape index (κ1) is 15.2. The lowest BCUT2D eigenvalue weighted by atomic mass is 10.1. The van der Waals surface area contributed by atoms with Gasteiger partial charge in [0.1, 0.15) is 5.01 Å². The minimum Gasteiger partial charge on any atom is -0.343 e. The summed E-state index contributed by atoms with van der Waals surface area (Å²) in [6, 6.07) is 1.50. The second-order valence-corrected chi connectivity index (χ2v) is 5.70. The molecule has 1 atom stereocenters. The zero-order valence-corrected chi connectivity index (χ0v) is 12.7. The Hall–Kier alpha value is -2.23. The van der Waals surface area contributed by atoms with Crippen LogP contribution in [0.2, 0.25) is 0 Å². The van der Waals surface area contributed by atoms with Crippen LogP contribution in [0.1, 0.15) is 38.8 Å². The molecule has 21 heavy (non-hydrogen) atoms. The number of aryl methyl sites for hydroxylation is 1. The first-order valence-electron chi connectivity index (χ1n) is 6.48. The van der Waals surface area contributed by atoms with Gasteiger partial charge in [-0.25, -0.2) is 4.98 Å². The van der Waals surface area contributed by atoms with Crippen LogP contribution in [0.4, 0.5) is 0 Å². The van der Waals surface area contributed by atoms with E-state index in [1.54, 1.807) is 36.0 Å². The van der Waals surface area contributed by atoms with Crippen LogP contribution in [0.25, 0.3) is 0 Å². The molecule has 0 saturated carbocycles. The van der Waals surface area contributed by atoms with E-state index in [-0.39, 0.29) is 18.5 Å². The molecule has 2 aromatic heterocycles. The fraction of sp³-hybridized carbons (Fsp3) is 0.267. The lowest BCUT2D eigenvalue weighted by Gasteiger charge is -2.12. The molecule has 2 rings (SSSR count). The number of carbonyl (C=O) groups excluding carboxylic acids is 1. The topological polar surface area (TPSA) is 80.9 Å². The largest absolute Gasteiger partial charge is 0.343 e. The Kier molecular flexibility index (Phi) is 5.04. The van der Waals surface area contributed by atoms with Crippen molar-refractivity contribution in [1.29, 1.82) is 0 Å². The Morgan fingerprint density at radius 3 is 3.00 bits per heavy atom. The molecule has 0 aliphatic carbocycles. The highest BCUT2D eigenvalue weighted by Crippen LogP contribution is 2.19. The van der Waals surface area contributed by atoms with E-state index in [1.165, 1.54) is 0 Å². The average molecular weight is 300 g/mol. The molecule has 0 spiro atoms. The average Bonchev–Trinajstić information content (AvgIpc) is 2.92. The molecule has 0 saturated heterocycles. The number of pyridine rings is 1. The lowest BCUT2D eigenvalue weighted by molar-refractivity contribution is 0.0939. The molecule has 0 aromatic carbocycles. The van der Waals surface area contributed by atoms with Gasteiger partial charge in [-0.15, -0.1) is 11.3 Å². The quantitative estimate of drug-likeness (QED) is 0.845. The zero-order valence-electron chi connectivity index (χ0n) is 11.9. The van der Waals surface area contributed by atoms with E-state index in [9.17, 15) is 4.79 Å². The molecular formula is C15H16N4OS. The molecule has 2 aromatic rings. The maximum absolute atomic E-state index is 12.4. The molecule has 1 amide bonds. The molecule has 2 heterocycles. The fourth-order valence-electron chi connectivity index (χ4n) is 1.75. The number of nitrogens with zero attached hydrogens (tertiary/aromatic N) is 2. The third-order valence-corrected chi connectivity index (χ3v) is 3.84. The van der Waals surface area contributed by atoms with E-state index in [2.05, 4.69) is 27.1 Å². The Morgan fingerprint density at radius 1 is 1.52 bits per heavy atom. The number of amides is 1. The minimum atomic E-state index is -0.195. The summed E-state index contributed by atoms with van der Waals surface area (Å²) in [5.74, 6) is 5.40. The smallest absolute Gasteiger partial charge is 0.253 e. The van der Waals surface area contributed by atoms with Crippen molar-refractivity contribution in [3.8, 4) is 11.8 Å². The van der Waals surface area contributed by atoms with E-state index in [1.807, 2.05) is 13.8 Å². The van der Waals surface area contributed by atoms with Gasteiger partial charge in [0.25, 0.3) is 5.91 Å². The van der Waals surface area contributed by atoms with Crippen LogP contribution in [0, 0.1) is 18.8 Å². The van der Waals surface area contributed by atoms with Crippen molar-refractivity contribution in [1.82, 2.24) is 15.3 Å². The van der Waals surface area contributed by atoms with E-state index in [0.29, 0.717) is 11.1 Å². The molecule has 0 aliphatic rings. The highest BCUT2D eigenvalue weighted by molar-refractivity contribution is 7.11. The van der Waals surface area contributed by atoms with Crippen LogP contribution < -0.4 is 11.1 Å². The molecule has 0 aliphatic heterocycles. The Morgan fingerprint density at radius 2 is 2.33 bits per heavy atom. The summed E-state index contributed by atoms with van der Waals surface area (Å²) >= 11 is 1.57. The van der Waals surface area contributed by atoms with Crippen molar-refractivity contribution in [3.05, 3.63) is 45.7 Å². The second-order valence-electron chi connectivity index (χ2n) is 4.43. The van der Waals surface area contributed by atoms with Gasteiger partial charge < -0.3 is 11.1 Å². The third-order valence-electron chi connectivity index (χ3n) is 2.75. The molecule has 108 valence electrons. The molecule has 0 radical (unpaired) electrons. The van der Waals surface area contributed by atoms with Crippen molar-refractivity contribution in [3.63, 3.8) is 0 Å². The highest BCUT2D eigenvalue weighted by Gasteiger charge is 2.16. The van der Waals surface area contributed by atoms with Gasteiger partial charge in [-0.1, -0.05) is 11.8 Å². The SMILES string of the molecule is Cc1cnc(C(C)NC(=O)c2ccncc2C#CCN)s1. The number of thiazole rings is 1. The van der Waals surface area contributed by atoms with Crippen molar-refractivity contribution in [2.24, 2.45) is 5.73 Å². The molecule has 3 N–H and O–H groups in total. The zero-order chi connectivity index (χ0) is 15.2. The minimum absolute atomic E-state index is 0.153. The summed E-state index contributed by atoms with van der Waals surface area (Å²) in [6.07, 6.45) is 4.93. The van der Waals surface area contributed by atoms with E-state index in [0.717, 1.165) is 9.88 Å². The molecule has 6 heteroatoms. The maximum Gasteiger partial charge on any atom is 0.253 e. The number of aromatic nitrogens is 2. The Labute approximate surface area is 127 Å². The van der Waals surface area contributed by atoms with Crippen molar-refractivity contribution in [2.45, 2.75) is 19.9 Å². The lowest BCUT2D eigenvalue weighted by Crippen LogP contribution is -2.27. The summed E-state index contributed by atoms with van der Waals surface area (Å²) in [7, 11) is 0. The van der Waals surface area contributed by atoms with E-state index >= 15 is 0 Å². The van der Waals surface area contributed by atoms with Crippen LogP contribution in [0.15, 0.2) is 24.7 Å². The van der Waals surface area contributed by atoms with Gasteiger partial charge in [-0.2, -0.15) is 0 Å². The number of hydrogen-bond donors (Lipinski definition) is 2. The third kappa shape index (κ3) is 3.88. The van der Waals surface area contributed by atoms with Gasteiger partial charge in [-0.3, -0.25) is 9.78 Å². The van der Waals surface area contributed by atoms with E-state index < -0.39 is 0 Å². The number of rotatable bonds is 3. The van der Waals surface area contributed by atoms with Crippen LogP contribution in [0.5, 0.6) is 0 Å². The van der Waals surface area contributed by atoms with Crippen LogP contribution in [-0.2, 0) is 0 Å². The normalized spacial score (nSPS) is 11.4. The highest BCUT2D eigenvalue weighted by atomic mass is 32.1. The standard InChI is InChI=1S/C15H16N4OS/c1-10-8-18-15(21-10)11(2)19-14(20)13-5-7-17-9-12(13)4-3-6-16/h5,7-9,11H,6,16H2,1-2H3,(H,19,20). The molecule has 0 fully saturated rings. The summed E-state index contributed by atoms with van der Waals surface area (Å²) in [4.78, 5) is 21.7. The predicted octanol–water partition coefficient (Wildman–Crippen LogP) is 1.65. The molecule has 5 nitrogen and oxygen atoms in total. The molecule has 0 bridgehead atoms. The number of nitrogens with one attached hydrogen (secondary N) is 1. The van der Waals surface area contributed by atoms with Gasteiger partial charge in [0.05, 0.1) is 23.7 Å². The first-order valence-corrected chi connectivity index (χ1v) is 7.29. The van der Waals surface area contributed by atoms with Gasteiger partial charge in [0.2, 0.25) is 0 Å². The van der Waals surface area contributed by atoms with Crippen molar-refractivity contribution in [2.75, 3.05) is 6.54 Å². The van der Waals surface area contributed by atoms with Gasteiger partial charge in [0.15, 0.2) is 0 Å². The number of carbonyl (C=O) groups is 1. The summed E-state index contributed by atoms with van der Waals surface area (Å²) in [5.41, 5.74) is 6.42. The molecule has 1 unspecified atom stereocenters. The van der Waals surface area contributed by atoms with E-state index in [4.69, 9.17) is 5.73 Å². The number of hydrogen-bond acceptors (Lipinski definition) is 5. The van der Waals surface area contributed by atoms with Crippen LogP contribution in [-0.4, -0.2) is 22.4 Å². The Balaban J connectivity index is 2.17. The summed E-state index contributed by atoms with van der Waals surface area (Å²) < 4.78 is 0. The Bertz CT molecular complexity index is 699. The van der Waals surface area contributed by atoms with Crippen LogP contribution in [0.3, 0.4) is 0 Å². The van der Waals surface area contributed by atoms with Gasteiger partial charge >= 0.3 is 0 Å². The van der Waals surface area contributed by atoms with Gasteiger partial charge in [0, 0.05) is 23.5 Å². The second kappa shape index (κ2) is 6.97. The molecular weight excluding hydrogens is 284 g/mol. The first-order chi connectivity index (χ1) is 10.1. The predicted molar refractivity (Wildman–Crippen MR) is 82.9 cm³/mol. The van der Waals surface area contributed by atoms with Crippen molar-refractivity contribution >= 4 is 17.2 Å². The fourth-order valence-corrected chi connectivity index (χ4v) is 2.52. The number of nitrogens with two attached hydrogens (primary N) is 1. The van der Waals surface area contributed by atoms with Crippen molar-refractivity contribution < 1.29 is 4.79 Å².